The van der Waals surface area contributed by atoms with Crippen LogP contribution < -0.4 is 5.32 Å². The lowest BCUT2D eigenvalue weighted by Crippen LogP contribution is -2.37. The first-order chi connectivity index (χ1) is 8.34. The third-order valence-corrected chi connectivity index (χ3v) is 3.76. The van der Waals surface area contributed by atoms with Crippen molar-refractivity contribution in [2.75, 3.05) is 0 Å². The molecule has 1 atom stereocenters. The molecule has 1 aliphatic rings. The molecule has 0 unspecified atom stereocenters. The number of hydrogen-bond acceptors (Lipinski definition) is 1. The third kappa shape index (κ3) is 4.51. The smallest absolute Gasteiger partial charge is 0.00817 e. The molecule has 1 aromatic rings. The van der Waals surface area contributed by atoms with Crippen LogP contribution in [-0.4, -0.2) is 12.1 Å². The van der Waals surface area contributed by atoms with Gasteiger partial charge in [-0.2, -0.15) is 0 Å². The van der Waals surface area contributed by atoms with Crippen LogP contribution in [-0.2, 0) is 6.42 Å². The monoisotopic (exact) mass is 231 g/mol. The lowest BCUT2D eigenvalue weighted by atomic mass is 10.0. The van der Waals surface area contributed by atoms with Gasteiger partial charge in [0, 0.05) is 12.1 Å². The normalized spacial score (nSPS) is 19.8. The molecule has 0 amide bonds. The van der Waals surface area contributed by atoms with Gasteiger partial charge in [0.1, 0.15) is 0 Å². The quantitative estimate of drug-likeness (QED) is 0.774. The van der Waals surface area contributed by atoms with E-state index < -0.39 is 0 Å². The fourth-order valence-corrected chi connectivity index (χ4v) is 2.87. The summed E-state index contributed by atoms with van der Waals surface area (Å²) in [5.74, 6) is 0. The van der Waals surface area contributed by atoms with E-state index in [1.165, 1.54) is 44.1 Å². The molecule has 1 fully saturated rings. The second-order valence-electron chi connectivity index (χ2n) is 5.45. The zero-order chi connectivity index (χ0) is 11.9. The summed E-state index contributed by atoms with van der Waals surface area (Å²) in [5.41, 5.74) is 1.45. The summed E-state index contributed by atoms with van der Waals surface area (Å²) >= 11 is 0. The van der Waals surface area contributed by atoms with Gasteiger partial charge in [0.15, 0.2) is 0 Å². The Bertz CT molecular complexity index is 299. The molecular formula is C16H25N. The van der Waals surface area contributed by atoms with E-state index in [-0.39, 0.29) is 0 Å². The molecule has 2 rings (SSSR count). The van der Waals surface area contributed by atoms with E-state index in [4.69, 9.17) is 0 Å². The number of rotatable bonds is 4. The highest BCUT2D eigenvalue weighted by Crippen LogP contribution is 2.18. The minimum absolute atomic E-state index is 0.598. The molecule has 17 heavy (non-hydrogen) atoms. The van der Waals surface area contributed by atoms with E-state index in [2.05, 4.69) is 42.6 Å². The molecule has 0 saturated heterocycles. The molecule has 0 bridgehead atoms. The van der Waals surface area contributed by atoms with Crippen molar-refractivity contribution >= 4 is 0 Å². The maximum atomic E-state index is 3.81. The van der Waals surface area contributed by atoms with Crippen LogP contribution in [0.1, 0.15) is 51.0 Å². The Morgan fingerprint density at radius 1 is 1.06 bits per heavy atom. The first-order valence-electron chi connectivity index (χ1n) is 7.14. The van der Waals surface area contributed by atoms with Crippen molar-refractivity contribution in [1.82, 2.24) is 5.32 Å². The van der Waals surface area contributed by atoms with Gasteiger partial charge in [-0.15, -0.1) is 0 Å². The highest BCUT2D eigenvalue weighted by atomic mass is 14.9. The summed E-state index contributed by atoms with van der Waals surface area (Å²) in [5, 5.41) is 3.81. The highest BCUT2D eigenvalue weighted by molar-refractivity contribution is 5.15. The van der Waals surface area contributed by atoms with Crippen LogP contribution >= 0.6 is 0 Å². The molecule has 1 aliphatic carbocycles. The lowest BCUT2D eigenvalue weighted by molar-refractivity contribution is 0.406. The SMILES string of the molecule is C[C@H](Cc1ccccc1)NC1CCCCCC1. The first-order valence-corrected chi connectivity index (χ1v) is 7.14. The zero-order valence-electron chi connectivity index (χ0n) is 11.0. The summed E-state index contributed by atoms with van der Waals surface area (Å²) in [6, 6.07) is 12.2. The fourth-order valence-electron chi connectivity index (χ4n) is 2.87. The van der Waals surface area contributed by atoms with Crippen molar-refractivity contribution in [2.24, 2.45) is 0 Å². The fraction of sp³-hybridized carbons (Fsp3) is 0.625. The van der Waals surface area contributed by atoms with Gasteiger partial charge in [-0.3, -0.25) is 0 Å². The summed E-state index contributed by atoms with van der Waals surface area (Å²) in [4.78, 5) is 0. The molecule has 1 heteroatoms. The van der Waals surface area contributed by atoms with Crippen LogP contribution in [0.15, 0.2) is 30.3 Å². The average molecular weight is 231 g/mol. The second kappa shape index (κ2) is 6.80. The summed E-state index contributed by atoms with van der Waals surface area (Å²) < 4.78 is 0. The molecule has 94 valence electrons. The molecule has 0 aliphatic heterocycles. The molecule has 1 saturated carbocycles. The minimum Gasteiger partial charge on any atom is -0.311 e. The molecule has 1 aromatic carbocycles. The maximum Gasteiger partial charge on any atom is 0.00817 e. The van der Waals surface area contributed by atoms with Crippen LogP contribution in [0.25, 0.3) is 0 Å². The van der Waals surface area contributed by atoms with Gasteiger partial charge in [-0.05, 0) is 31.7 Å². The summed E-state index contributed by atoms with van der Waals surface area (Å²) in [7, 11) is 0. The summed E-state index contributed by atoms with van der Waals surface area (Å²) in [6.07, 6.45) is 9.59. The Labute approximate surface area is 106 Å². The van der Waals surface area contributed by atoms with Gasteiger partial charge in [0.2, 0.25) is 0 Å². The molecule has 0 aromatic heterocycles. The van der Waals surface area contributed by atoms with E-state index in [1.807, 2.05) is 0 Å². The van der Waals surface area contributed by atoms with E-state index in [0.29, 0.717) is 6.04 Å². The van der Waals surface area contributed by atoms with Crippen LogP contribution in [0.4, 0.5) is 0 Å². The van der Waals surface area contributed by atoms with Crippen LogP contribution in [0.2, 0.25) is 0 Å². The van der Waals surface area contributed by atoms with E-state index in [9.17, 15) is 0 Å². The van der Waals surface area contributed by atoms with Crippen molar-refractivity contribution in [3.05, 3.63) is 35.9 Å². The first kappa shape index (κ1) is 12.6. The number of benzene rings is 1. The average Bonchev–Trinajstić information content (AvgIpc) is 2.59. The third-order valence-electron chi connectivity index (χ3n) is 3.76. The Morgan fingerprint density at radius 3 is 2.35 bits per heavy atom. The Balaban J connectivity index is 1.78. The van der Waals surface area contributed by atoms with E-state index in [1.54, 1.807) is 0 Å². The molecule has 0 heterocycles. The van der Waals surface area contributed by atoms with Crippen LogP contribution in [0, 0.1) is 0 Å². The lowest BCUT2D eigenvalue weighted by Gasteiger charge is -2.22. The Morgan fingerprint density at radius 2 is 1.71 bits per heavy atom. The highest BCUT2D eigenvalue weighted by Gasteiger charge is 2.14. The van der Waals surface area contributed by atoms with Crippen molar-refractivity contribution in [3.63, 3.8) is 0 Å². The molecule has 0 radical (unpaired) electrons. The predicted molar refractivity (Wildman–Crippen MR) is 74.2 cm³/mol. The van der Waals surface area contributed by atoms with Crippen molar-refractivity contribution in [3.8, 4) is 0 Å². The Hall–Kier alpha value is -0.820. The van der Waals surface area contributed by atoms with E-state index >= 15 is 0 Å². The molecule has 1 N–H and O–H groups in total. The molecule has 1 nitrogen and oxygen atoms in total. The largest absolute Gasteiger partial charge is 0.311 e. The predicted octanol–water partition coefficient (Wildman–Crippen LogP) is 3.93. The van der Waals surface area contributed by atoms with Crippen molar-refractivity contribution in [1.29, 1.82) is 0 Å². The standard InChI is InChI=1S/C16H25N/c1-14(13-15-9-5-4-6-10-15)17-16-11-7-2-3-8-12-16/h4-6,9-10,14,16-17H,2-3,7-8,11-13H2,1H3/t14-/m1/s1. The van der Waals surface area contributed by atoms with Gasteiger partial charge in [-0.25, -0.2) is 0 Å². The van der Waals surface area contributed by atoms with Gasteiger partial charge in [0.25, 0.3) is 0 Å². The molecule has 0 spiro atoms. The topological polar surface area (TPSA) is 12.0 Å². The second-order valence-corrected chi connectivity index (χ2v) is 5.45. The van der Waals surface area contributed by atoms with Gasteiger partial charge >= 0.3 is 0 Å². The van der Waals surface area contributed by atoms with Gasteiger partial charge in [0.05, 0.1) is 0 Å². The Kier molecular flexibility index (Phi) is 5.06. The summed E-state index contributed by atoms with van der Waals surface area (Å²) in [6.45, 7) is 2.32. The maximum absolute atomic E-state index is 3.81. The van der Waals surface area contributed by atoms with E-state index in [0.717, 1.165) is 12.5 Å². The van der Waals surface area contributed by atoms with Gasteiger partial charge < -0.3 is 5.32 Å². The molecular weight excluding hydrogens is 206 g/mol. The van der Waals surface area contributed by atoms with Crippen molar-refractivity contribution < 1.29 is 0 Å². The minimum atomic E-state index is 0.598. The van der Waals surface area contributed by atoms with Crippen LogP contribution in [0.3, 0.4) is 0 Å². The number of hydrogen-bond donors (Lipinski definition) is 1. The number of nitrogens with one attached hydrogen (secondary N) is 1. The van der Waals surface area contributed by atoms with Gasteiger partial charge in [-0.1, -0.05) is 56.0 Å². The van der Waals surface area contributed by atoms with Crippen LogP contribution in [0.5, 0.6) is 0 Å². The zero-order valence-corrected chi connectivity index (χ0v) is 11.0. The van der Waals surface area contributed by atoms with Crippen molar-refractivity contribution in [2.45, 2.75) is 64.0 Å².